The summed E-state index contributed by atoms with van der Waals surface area (Å²) in [5.41, 5.74) is 2.68. The Morgan fingerprint density at radius 2 is 2.16 bits per heavy atom. The molecule has 162 valence electrons. The summed E-state index contributed by atoms with van der Waals surface area (Å²) in [4.78, 5) is 19.8. The number of benzene rings is 2. The van der Waals surface area contributed by atoms with Gasteiger partial charge in [-0.15, -0.1) is 11.3 Å². The SMILES string of the molecule is COc1cccc(CN(CC2CCCO2)C(=O)Cc2csc(-c3ccccc3Cl)n2)c1. The zero-order valence-corrected chi connectivity index (χ0v) is 19.0. The molecule has 0 radical (unpaired) electrons. The maximum Gasteiger partial charge on any atom is 0.229 e. The van der Waals surface area contributed by atoms with Gasteiger partial charge in [-0.2, -0.15) is 0 Å². The summed E-state index contributed by atoms with van der Waals surface area (Å²) in [5.74, 6) is 0.820. The Morgan fingerprint density at radius 1 is 1.29 bits per heavy atom. The lowest BCUT2D eigenvalue weighted by molar-refractivity contribution is -0.132. The number of ether oxygens (including phenoxy) is 2. The maximum atomic E-state index is 13.2. The summed E-state index contributed by atoms with van der Waals surface area (Å²) >= 11 is 7.81. The fourth-order valence-electron chi connectivity index (χ4n) is 3.69. The van der Waals surface area contributed by atoms with Crippen molar-refractivity contribution in [3.63, 3.8) is 0 Å². The molecule has 1 aromatic heterocycles. The molecule has 0 aliphatic carbocycles. The molecule has 0 saturated carbocycles. The molecule has 1 saturated heterocycles. The number of amides is 1. The van der Waals surface area contributed by atoms with Crippen molar-refractivity contribution in [2.24, 2.45) is 0 Å². The Balaban J connectivity index is 1.49. The molecular weight excluding hydrogens is 432 g/mol. The first-order valence-electron chi connectivity index (χ1n) is 10.3. The van der Waals surface area contributed by atoms with Crippen LogP contribution in [0.15, 0.2) is 53.9 Å². The van der Waals surface area contributed by atoms with Gasteiger partial charge >= 0.3 is 0 Å². The molecule has 0 spiro atoms. The first kappa shape index (κ1) is 21.8. The average molecular weight is 457 g/mol. The van der Waals surface area contributed by atoms with Gasteiger partial charge in [-0.1, -0.05) is 41.9 Å². The molecule has 7 heteroatoms. The highest BCUT2D eigenvalue weighted by atomic mass is 35.5. The fraction of sp³-hybridized carbons (Fsp3) is 0.333. The number of hydrogen-bond acceptors (Lipinski definition) is 5. The van der Waals surface area contributed by atoms with E-state index in [4.69, 9.17) is 21.1 Å². The summed E-state index contributed by atoms with van der Waals surface area (Å²) in [6.45, 7) is 1.86. The van der Waals surface area contributed by atoms with Crippen molar-refractivity contribution in [1.29, 1.82) is 0 Å². The normalized spacial score (nSPS) is 15.7. The van der Waals surface area contributed by atoms with Gasteiger partial charge in [0.1, 0.15) is 10.8 Å². The van der Waals surface area contributed by atoms with Crippen molar-refractivity contribution in [3.05, 3.63) is 70.2 Å². The highest BCUT2D eigenvalue weighted by Gasteiger charge is 2.24. The maximum absolute atomic E-state index is 13.2. The Bertz CT molecular complexity index is 1030. The van der Waals surface area contributed by atoms with Crippen LogP contribution in [0.25, 0.3) is 10.6 Å². The number of nitrogens with zero attached hydrogens (tertiary/aromatic N) is 2. The number of carbonyl (C=O) groups excluding carboxylic acids is 1. The van der Waals surface area contributed by atoms with Gasteiger partial charge in [0.05, 0.1) is 30.4 Å². The molecule has 1 amide bonds. The van der Waals surface area contributed by atoms with E-state index in [1.54, 1.807) is 7.11 Å². The van der Waals surface area contributed by atoms with Gasteiger partial charge in [0.2, 0.25) is 5.91 Å². The molecule has 1 aliphatic heterocycles. The number of halogens is 1. The van der Waals surface area contributed by atoms with Crippen molar-refractivity contribution >= 4 is 28.8 Å². The number of thiazole rings is 1. The van der Waals surface area contributed by atoms with Gasteiger partial charge in [-0.3, -0.25) is 4.79 Å². The minimum absolute atomic E-state index is 0.0364. The molecule has 31 heavy (non-hydrogen) atoms. The van der Waals surface area contributed by atoms with E-state index in [0.717, 1.165) is 47.0 Å². The molecule has 1 unspecified atom stereocenters. The van der Waals surface area contributed by atoms with Crippen molar-refractivity contribution in [2.75, 3.05) is 20.3 Å². The van der Waals surface area contributed by atoms with E-state index >= 15 is 0 Å². The van der Waals surface area contributed by atoms with Gasteiger partial charge in [0.15, 0.2) is 0 Å². The zero-order chi connectivity index (χ0) is 21.6. The summed E-state index contributed by atoms with van der Waals surface area (Å²) in [6.07, 6.45) is 2.36. The second-order valence-corrected chi connectivity index (χ2v) is 8.83. The second kappa shape index (κ2) is 10.3. The van der Waals surface area contributed by atoms with Crippen molar-refractivity contribution in [3.8, 4) is 16.3 Å². The monoisotopic (exact) mass is 456 g/mol. The van der Waals surface area contributed by atoms with Crippen LogP contribution in [0.3, 0.4) is 0 Å². The van der Waals surface area contributed by atoms with E-state index in [-0.39, 0.29) is 18.4 Å². The van der Waals surface area contributed by atoms with E-state index in [1.807, 2.05) is 58.8 Å². The summed E-state index contributed by atoms with van der Waals surface area (Å²) < 4.78 is 11.1. The largest absolute Gasteiger partial charge is 0.497 e. The highest BCUT2D eigenvalue weighted by molar-refractivity contribution is 7.13. The average Bonchev–Trinajstić information content (AvgIpc) is 3.46. The second-order valence-electron chi connectivity index (χ2n) is 7.56. The molecule has 1 atom stereocenters. The molecule has 0 bridgehead atoms. The van der Waals surface area contributed by atoms with E-state index < -0.39 is 0 Å². The van der Waals surface area contributed by atoms with Crippen LogP contribution in [0.1, 0.15) is 24.1 Å². The summed E-state index contributed by atoms with van der Waals surface area (Å²) in [5, 5.41) is 3.42. The predicted octanol–water partition coefficient (Wildman–Crippen LogP) is 5.22. The van der Waals surface area contributed by atoms with E-state index in [1.165, 1.54) is 11.3 Å². The Hall–Kier alpha value is -2.41. The Kier molecular flexibility index (Phi) is 7.22. The smallest absolute Gasteiger partial charge is 0.229 e. The van der Waals surface area contributed by atoms with Crippen LogP contribution < -0.4 is 4.74 Å². The van der Waals surface area contributed by atoms with E-state index in [9.17, 15) is 4.79 Å². The van der Waals surface area contributed by atoms with Crippen molar-refractivity contribution in [1.82, 2.24) is 9.88 Å². The van der Waals surface area contributed by atoms with Crippen LogP contribution in [0.5, 0.6) is 5.75 Å². The van der Waals surface area contributed by atoms with Crippen LogP contribution in [-0.2, 0) is 22.5 Å². The van der Waals surface area contributed by atoms with Crippen molar-refractivity contribution < 1.29 is 14.3 Å². The minimum Gasteiger partial charge on any atom is -0.497 e. The topological polar surface area (TPSA) is 51.7 Å². The molecule has 4 rings (SSSR count). The lowest BCUT2D eigenvalue weighted by Gasteiger charge is -2.25. The first-order valence-corrected chi connectivity index (χ1v) is 11.6. The van der Waals surface area contributed by atoms with Gasteiger partial charge in [0.25, 0.3) is 0 Å². The van der Waals surface area contributed by atoms with Crippen LogP contribution in [-0.4, -0.2) is 42.2 Å². The quantitative estimate of drug-likeness (QED) is 0.466. The summed E-state index contributed by atoms with van der Waals surface area (Å²) in [6, 6.07) is 15.4. The highest BCUT2D eigenvalue weighted by Crippen LogP contribution is 2.30. The lowest BCUT2D eigenvalue weighted by Crippen LogP contribution is -2.37. The first-order chi connectivity index (χ1) is 15.1. The number of hydrogen-bond donors (Lipinski definition) is 0. The van der Waals surface area contributed by atoms with Crippen LogP contribution in [0.2, 0.25) is 5.02 Å². The van der Waals surface area contributed by atoms with E-state index in [0.29, 0.717) is 18.1 Å². The van der Waals surface area contributed by atoms with Gasteiger partial charge in [0, 0.05) is 30.6 Å². The summed E-state index contributed by atoms with van der Waals surface area (Å²) in [7, 11) is 1.65. The number of carbonyl (C=O) groups is 1. The third-order valence-corrected chi connectivity index (χ3v) is 6.55. The standard InChI is InChI=1S/C24H25ClN2O3S/c1-29-19-7-4-6-17(12-19)14-27(15-20-8-5-11-30-20)23(28)13-18-16-31-24(26-18)21-9-2-3-10-22(21)25/h2-4,6-7,9-10,12,16,20H,5,8,11,13-15H2,1H3. The Morgan fingerprint density at radius 3 is 2.94 bits per heavy atom. The van der Waals surface area contributed by atoms with E-state index in [2.05, 4.69) is 4.98 Å². The number of methoxy groups -OCH3 is 1. The minimum atomic E-state index is 0.0364. The molecule has 0 N–H and O–H groups in total. The molecule has 3 aromatic rings. The fourth-order valence-corrected chi connectivity index (χ4v) is 4.83. The lowest BCUT2D eigenvalue weighted by atomic mass is 10.1. The van der Waals surface area contributed by atoms with Crippen LogP contribution >= 0.6 is 22.9 Å². The zero-order valence-electron chi connectivity index (χ0n) is 17.4. The molecule has 1 aliphatic rings. The molecular formula is C24H25ClN2O3S. The molecule has 2 heterocycles. The Labute approximate surface area is 191 Å². The molecule has 5 nitrogen and oxygen atoms in total. The third-order valence-electron chi connectivity index (χ3n) is 5.30. The van der Waals surface area contributed by atoms with Crippen molar-refractivity contribution in [2.45, 2.75) is 31.9 Å². The molecule has 1 fully saturated rings. The third kappa shape index (κ3) is 5.64. The van der Waals surface area contributed by atoms with Crippen LogP contribution in [0.4, 0.5) is 0 Å². The predicted molar refractivity (Wildman–Crippen MR) is 124 cm³/mol. The van der Waals surface area contributed by atoms with Gasteiger partial charge < -0.3 is 14.4 Å². The molecule has 2 aromatic carbocycles. The van der Waals surface area contributed by atoms with Crippen LogP contribution in [0, 0.1) is 0 Å². The number of aromatic nitrogens is 1. The van der Waals surface area contributed by atoms with Gasteiger partial charge in [-0.05, 0) is 36.6 Å². The van der Waals surface area contributed by atoms with Gasteiger partial charge in [-0.25, -0.2) is 4.98 Å². The number of rotatable bonds is 8.